The van der Waals surface area contributed by atoms with Crippen molar-refractivity contribution in [3.8, 4) is 0 Å². The molecule has 3 rings (SSSR count). The average Bonchev–Trinajstić information content (AvgIpc) is 2.89. The van der Waals surface area contributed by atoms with Gasteiger partial charge in [-0.3, -0.25) is 9.82 Å². The van der Waals surface area contributed by atoms with E-state index in [1.807, 2.05) is 6.07 Å². The van der Waals surface area contributed by atoms with Crippen molar-refractivity contribution in [2.45, 2.75) is 19.3 Å². The first-order valence-corrected chi connectivity index (χ1v) is 7.81. The molecular weight excluding hydrogens is 264 g/mol. The Labute approximate surface area is 112 Å². The smallest absolute Gasteiger partial charge is 0.278 e. The highest BCUT2D eigenvalue weighted by Gasteiger charge is 2.24. The molecule has 1 fully saturated rings. The Hall–Kier alpha value is -1.60. The van der Waals surface area contributed by atoms with Gasteiger partial charge in [0.1, 0.15) is 0 Å². The zero-order chi connectivity index (χ0) is 13.3. The number of piperidine rings is 1. The SMILES string of the molecule is O=S(=O)(Nc1cccc2[nH]ncc12)N1CCCCC1. The van der Waals surface area contributed by atoms with E-state index in [9.17, 15) is 8.42 Å². The largest absolute Gasteiger partial charge is 0.301 e. The van der Waals surface area contributed by atoms with Crippen molar-refractivity contribution < 1.29 is 8.42 Å². The predicted octanol–water partition coefficient (Wildman–Crippen LogP) is 1.71. The molecule has 0 radical (unpaired) electrons. The molecule has 0 amide bonds. The second-order valence-electron chi connectivity index (χ2n) is 4.70. The number of nitrogens with zero attached hydrogens (tertiary/aromatic N) is 2. The van der Waals surface area contributed by atoms with Crippen LogP contribution in [0.15, 0.2) is 24.4 Å². The van der Waals surface area contributed by atoms with Crippen LogP contribution in [0.1, 0.15) is 19.3 Å². The molecule has 2 aromatic rings. The van der Waals surface area contributed by atoms with Crippen LogP contribution in [0.25, 0.3) is 10.9 Å². The molecule has 1 aliphatic heterocycles. The minimum atomic E-state index is -3.46. The Kier molecular flexibility index (Phi) is 3.16. The molecular formula is C12H16N4O2S. The fourth-order valence-electron chi connectivity index (χ4n) is 2.37. The van der Waals surface area contributed by atoms with Gasteiger partial charge in [0.15, 0.2) is 0 Å². The fourth-order valence-corrected chi connectivity index (χ4v) is 3.69. The summed E-state index contributed by atoms with van der Waals surface area (Å²) in [5.41, 5.74) is 1.38. The first-order chi connectivity index (χ1) is 9.17. The van der Waals surface area contributed by atoms with Crippen LogP contribution in [0, 0.1) is 0 Å². The van der Waals surface area contributed by atoms with Crippen molar-refractivity contribution in [2.24, 2.45) is 0 Å². The van der Waals surface area contributed by atoms with Crippen LogP contribution in [-0.2, 0) is 10.2 Å². The molecule has 1 aromatic heterocycles. The van der Waals surface area contributed by atoms with E-state index < -0.39 is 10.2 Å². The van der Waals surface area contributed by atoms with Crippen LogP contribution in [0.3, 0.4) is 0 Å². The Morgan fingerprint density at radius 3 is 2.79 bits per heavy atom. The summed E-state index contributed by atoms with van der Waals surface area (Å²) < 4.78 is 28.8. The predicted molar refractivity (Wildman–Crippen MR) is 74.1 cm³/mol. The molecule has 0 aliphatic carbocycles. The monoisotopic (exact) mass is 280 g/mol. The van der Waals surface area contributed by atoms with Gasteiger partial charge in [0, 0.05) is 18.5 Å². The average molecular weight is 280 g/mol. The number of rotatable bonds is 3. The molecule has 0 saturated carbocycles. The number of aromatic amines is 1. The molecule has 7 heteroatoms. The highest BCUT2D eigenvalue weighted by molar-refractivity contribution is 7.90. The van der Waals surface area contributed by atoms with Crippen molar-refractivity contribution in [2.75, 3.05) is 17.8 Å². The molecule has 1 aromatic carbocycles. The number of hydrogen-bond acceptors (Lipinski definition) is 3. The molecule has 0 bridgehead atoms. The molecule has 1 saturated heterocycles. The Morgan fingerprint density at radius 1 is 1.21 bits per heavy atom. The van der Waals surface area contributed by atoms with E-state index in [1.54, 1.807) is 18.3 Å². The lowest BCUT2D eigenvalue weighted by molar-refractivity contribution is 0.349. The van der Waals surface area contributed by atoms with Gasteiger partial charge < -0.3 is 0 Å². The molecule has 6 nitrogen and oxygen atoms in total. The summed E-state index contributed by atoms with van der Waals surface area (Å²) in [5, 5.41) is 7.54. The number of fused-ring (bicyclic) bond motifs is 1. The van der Waals surface area contributed by atoms with Crippen LogP contribution in [-0.4, -0.2) is 36.0 Å². The van der Waals surface area contributed by atoms with Crippen LogP contribution in [0.5, 0.6) is 0 Å². The highest BCUT2D eigenvalue weighted by atomic mass is 32.2. The molecule has 2 heterocycles. The zero-order valence-corrected chi connectivity index (χ0v) is 11.3. The van der Waals surface area contributed by atoms with Gasteiger partial charge in [0.2, 0.25) is 0 Å². The zero-order valence-electron chi connectivity index (χ0n) is 10.5. The third kappa shape index (κ3) is 2.43. The van der Waals surface area contributed by atoms with Crippen LogP contribution < -0.4 is 4.72 Å². The molecule has 102 valence electrons. The normalized spacial score (nSPS) is 17.7. The summed E-state index contributed by atoms with van der Waals surface area (Å²) in [4.78, 5) is 0. The van der Waals surface area contributed by atoms with Crippen LogP contribution >= 0.6 is 0 Å². The Morgan fingerprint density at radius 2 is 2.00 bits per heavy atom. The maximum absolute atomic E-state index is 12.3. The lowest BCUT2D eigenvalue weighted by Crippen LogP contribution is -2.39. The summed E-state index contributed by atoms with van der Waals surface area (Å²) >= 11 is 0. The number of anilines is 1. The molecule has 0 unspecified atom stereocenters. The van der Waals surface area contributed by atoms with Gasteiger partial charge in [-0.25, -0.2) is 0 Å². The van der Waals surface area contributed by atoms with Gasteiger partial charge in [-0.15, -0.1) is 0 Å². The van der Waals surface area contributed by atoms with E-state index in [4.69, 9.17) is 0 Å². The van der Waals surface area contributed by atoms with E-state index in [0.29, 0.717) is 18.8 Å². The van der Waals surface area contributed by atoms with E-state index >= 15 is 0 Å². The topological polar surface area (TPSA) is 78.1 Å². The van der Waals surface area contributed by atoms with Gasteiger partial charge in [0.25, 0.3) is 0 Å². The minimum Gasteiger partial charge on any atom is -0.278 e. The van der Waals surface area contributed by atoms with Gasteiger partial charge in [-0.05, 0) is 25.0 Å². The first-order valence-electron chi connectivity index (χ1n) is 6.37. The Balaban J connectivity index is 1.89. The van der Waals surface area contributed by atoms with E-state index in [2.05, 4.69) is 14.9 Å². The molecule has 1 aliphatic rings. The minimum absolute atomic E-state index is 0.567. The number of benzene rings is 1. The Bertz CT molecular complexity index is 674. The summed E-state index contributed by atoms with van der Waals surface area (Å²) in [6.45, 7) is 1.19. The lowest BCUT2D eigenvalue weighted by Gasteiger charge is -2.26. The van der Waals surface area contributed by atoms with Gasteiger partial charge in [-0.2, -0.15) is 17.8 Å². The second-order valence-corrected chi connectivity index (χ2v) is 6.37. The number of nitrogens with one attached hydrogen (secondary N) is 2. The number of hydrogen-bond donors (Lipinski definition) is 2. The second kappa shape index (κ2) is 4.82. The first kappa shape index (κ1) is 12.4. The molecule has 19 heavy (non-hydrogen) atoms. The molecule has 2 N–H and O–H groups in total. The highest BCUT2D eigenvalue weighted by Crippen LogP contribution is 2.23. The summed E-state index contributed by atoms with van der Waals surface area (Å²) in [6, 6.07) is 5.41. The third-order valence-corrected chi connectivity index (χ3v) is 4.90. The molecule has 0 spiro atoms. The maximum atomic E-state index is 12.3. The summed E-state index contributed by atoms with van der Waals surface area (Å²) in [7, 11) is -3.46. The van der Waals surface area contributed by atoms with Gasteiger partial charge >= 0.3 is 10.2 Å². The lowest BCUT2D eigenvalue weighted by atomic mass is 10.2. The van der Waals surface area contributed by atoms with Crippen LogP contribution in [0.2, 0.25) is 0 Å². The fraction of sp³-hybridized carbons (Fsp3) is 0.417. The van der Waals surface area contributed by atoms with Gasteiger partial charge in [0.05, 0.1) is 17.4 Å². The van der Waals surface area contributed by atoms with Crippen molar-refractivity contribution >= 4 is 26.8 Å². The van der Waals surface area contributed by atoms with E-state index in [0.717, 1.165) is 30.2 Å². The molecule has 0 atom stereocenters. The summed E-state index contributed by atoms with van der Waals surface area (Å²) in [5.74, 6) is 0. The van der Waals surface area contributed by atoms with Crippen molar-refractivity contribution in [1.82, 2.24) is 14.5 Å². The maximum Gasteiger partial charge on any atom is 0.301 e. The third-order valence-electron chi connectivity index (χ3n) is 3.38. The number of H-pyrrole nitrogens is 1. The quantitative estimate of drug-likeness (QED) is 0.898. The van der Waals surface area contributed by atoms with Crippen molar-refractivity contribution in [1.29, 1.82) is 0 Å². The van der Waals surface area contributed by atoms with Crippen LogP contribution in [0.4, 0.5) is 5.69 Å². The standard InChI is InChI=1S/C12H16N4O2S/c17-19(18,16-7-2-1-3-8-16)15-12-6-4-5-11-10(12)9-13-14-11/h4-6,9,15H,1-3,7-8H2,(H,13,14). The number of aromatic nitrogens is 2. The van der Waals surface area contributed by atoms with Crippen molar-refractivity contribution in [3.05, 3.63) is 24.4 Å². The van der Waals surface area contributed by atoms with E-state index in [1.165, 1.54) is 4.31 Å². The van der Waals surface area contributed by atoms with Gasteiger partial charge in [-0.1, -0.05) is 12.5 Å². The van der Waals surface area contributed by atoms with Crippen molar-refractivity contribution in [3.63, 3.8) is 0 Å². The summed E-state index contributed by atoms with van der Waals surface area (Å²) in [6.07, 6.45) is 4.58. The van der Waals surface area contributed by atoms with E-state index in [-0.39, 0.29) is 0 Å².